The zero-order valence-electron chi connectivity index (χ0n) is 11.0. The Labute approximate surface area is 122 Å². The molecule has 0 fully saturated rings. The monoisotopic (exact) mass is 290 g/mol. The van der Waals surface area contributed by atoms with Crippen LogP contribution < -0.4 is 10.6 Å². The maximum Gasteiger partial charge on any atom is 0.172 e. The molecule has 0 saturated heterocycles. The van der Waals surface area contributed by atoms with Crippen molar-refractivity contribution in [1.82, 2.24) is 4.98 Å². The van der Waals surface area contributed by atoms with Crippen LogP contribution in [0, 0.1) is 0 Å². The summed E-state index contributed by atoms with van der Waals surface area (Å²) >= 11 is 5.96. The number of amidine groups is 1. The van der Waals surface area contributed by atoms with Gasteiger partial charge in [0.1, 0.15) is 0 Å². The molecule has 1 aromatic carbocycles. The largest absolute Gasteiger partial charge is 0.409 e. The van der Waals surface area contributed by atoms with Crippen molar-refractivity contribution in [2.45, 2.75) is 6.54 Å². The number of hydrogen-bond acceptors (Lipinski definition) is 4. The molecule has 0 unspecified atom stereocenters. The van der Waals surface area contributed by atoms with Gasteiger partial charge in [0.25, 0.3) is 0 Å². The summed E-state index contributed by atoms with van der Waals surface area (Å²) in [5.74, 6) is 0.0316. The van der Waals surface area contributed by atoms with Crippen molar-refractivity contribution in [3.63, 3.8) is 0 Å². The SMILES string of the molecule is CN(Cc1ccncc1)c1ccc(Cl)cc1C(N)=NO. The van der Waals surface area contributed by atoms with Gasteiger partial charge in [0.15, 0.2) is 5.84 Å². The van der Waals surface area contributed by atoms with E-state index in [1.54, 1.807) is 24.5 Å². The van der Waals surface area contributed by atoms with Crippen molar-refractivity contribution in [3.05, 3.63) is 58.9 Å². The Morgan fingerprint density at radius 2 is 2.05 bits per heavy atom. The first-order valence-electron chi connectivity index (χ1n) is 5.99. The zero-order chi connectivity index (χ0) is 14.5. The summed E-state index contributed by atoms with van der Waals surface area (Å²) in [6, 6.07) is 9.17. The number of oxime groups is 1. The van der Waals surface area contributed by atoms with E-state index < -0.39 is 0 Å². The molecule has 20 heavy (non-hydrogen) atoms. The third-order valence-electron chi connectivity index (χ3n) is 2.92. The molecule has 0 aliphatic heterocycles. The van der Waals surface area contributed by atoms with Gasteiger partial charge in [-0.05, 0) is 35.9 Å². The van der Waals surface area contributed by atoms with Crippen LogP contribution in [-0.2, 0) is 6.54 Å². The minimum Gasteiger partial charge on any atom is -0.409 e. The minimum atomic E-state index is 0.0316. The first-order chi connectivity index (χ1) is 9.61. The highest BCUT2D eigenvalue weighted by Gasteiger charge is 2.12. The van der Waals surface area contributed by atoms with Gasteiger partial charge in [-0.2, -0.15) is 0 Å². The molecular weight excluding hydrogens is 276 g/mol. The molecule has 0 aliphatic carbocycles. The second-order valence-corrected chi connectivity index (χ2v) is 4.79. The first kappa shape index (κ1) is 14.1. The van der Waals surface area contributed by atoms with Crippen molar-refractivity contribution in [2.75, 3.05) is 11.9 Å². The van der Waals surface area contributed by atoms with Crippen LogP contribution in [-0.4, -0.2) is 23.1 Å². The molecule has 0 radical (unpaired) electrons. The van der Waals surface area contributed by atoms with Gasteiger partial charge in [-0.3, -0.25) is 4.98 Å². The molecule has 0 spiro atoms. The minimum absolute atomic E-state index is 0.0316. The lowest BCUT2D eigenvalue weighted by atomic mass is 10.1. The van der Waals surface area contributed by atoms with Crippen molar-refractivity contribution >= 4 is 23.1 Å². The summed E-state index contributed by atoms with van der Waals surface area (Å²) in [7, 11) is 1.93. The third kappa shape index (κ3) is 3.19. The number of hydrogen-bond donors (Lipinski definition) is 2. The van der Waals surface area contributed by atoms with E-state index in [1.165, 1.54) is 0 Å². The van der Waals surface area contributed by atoms with Gasteiger partial charge < -0.3 is 15.8 Å². The molecule has 0 aliphatic rings. The summed E-state index contributed by atoms with van der Waals surface area (Å²) in [6.45, 7) is 0.676. The zero-order valence-corrected chi connectivity index (χ0v) is 11.7. The summed E-state index contributed by atoms with van der Waals surface area (Å²) in [4.78, 5) is 5.99. The van der Waals surface area contributed by atoms with E-state index in [2.05, 4.69) is 10.1 Å². The molecule has 2 rings (SSSR count). The van der Waals surface area contributed by atoms with Crippen molar-refractivity contribution in [3.8, 4) is 0 Å². The molecule has 1 heterocycles. The van der Waals surface area contributed by atoms with Gasteiger partial charge in [-0.1, -0.05) is 16.8 Å². The van der Waals surface area contributed by atoms with E-state index in [1.807, 2.05) is 30.1 Å². The number of benzene rings is 1. The molecule has 1 aromatic heterocycles. The predicted octanol–water partition coefficient (Wildman–Crippen LogP) is 2.47. The van der Waals surface area contributed by atoms with Gasteiger partial charge >= 0.3 is 0 Å². The van der Waals surface area contributed by atoms with Crippen LogP contribution in [0.4, 0.5) is 5.69 Å². The molecule has 104 valence electrons. The van der Waals surface area contributed by atoms with Crippen LogP contribution in [0.1, 0.15) is 11.1 Å². The van der Waals surface area contributed by atoms with Gasteiger partial charge in [0.05, 0.1) is 0 Å². The van der Waals surface area contributed by atoms with E-state index in [9.17, 15) is 0 Å². The lowest BCUT2D eigenvalue weighted by Crippen LogP contribution is -2.22. The smallest absolute Gasteiger partial charge is 0.172 e. The third-order valence-corrected chi connectivity index (χ3v) is 3.16. The molecule has 0 atom stereocenters. The average Bonchev–Trinajstić information content (AvgIpc) is 2.47. The fourth-order valence-corrected chi connectivity index (χ4v) is 2.12. The van der Waals surface area contributed by atoms with Gasteiger partial charge in [0, 0.05) is 42.3 Å². The van der Waals surface area contributed by atoms with Gasteiger partial charge in [-0.15, -0.1) is 0 Å². The van der Waals surface area contributed by atoms with Crippen LogP contribution in [0.25, 0.3) is 0 Å². The fraction of sp³-hybridized carbons (Fsp3) is 0.143. The molecule has 2 aromatic rings. The second kappa shape index (κ2) is 6.25. The number of anilines is 1. The number of pyridine rings is 1. The predicted molar refractivity (Wildman–Crippen MR) is 80.3 cm³/mol. The number of nitrogens with two attached hydrogens (primary N) is 1. The first-order valence-corrected chi connectivity index (χ1v) is 6.37. The van der Waals surface area contributed by atoms with Gasteiger partial charge in [0.2, 0.25) is 0 Å². The van der Waals surface area contributed by atoms with E-state index in [0.717, 1.165) is 11.3 Å². The molecule has 0 saturated carbocycles. The van der Waals surface area contributed by atoms with E-state index in [4.69, 9.17) is 22.5 Å². The van der Waals surface area contributed by atoms with Crippen LogP contribution in [0.3, 0.4) is 0 Å². The maximum absolute atomic E-state index is 8.87. The number of aromatic nitrogens is 1. The lowest BCUT2D eigenvalue weighted by molar-refractivity contribution is 0.318. The van der Waals surface area contributed by atoms with E-state index in [-0.39, 0.29) is 5.84 Å². The Morgan fingerprint density at radius 1 is 1.35 bits per heavy atom. The van der Waals surface area contributed by atoms with E-state index in [0.29, 0.717) is 17.1 Å². The highest BCUT2D eigenvalue weighted by Crippen LogP contribution is 2.24. The normalized spacial score (nSPS) is 11.4. The summed E-state index contributed by atoms with van der Waals surface area (Å²) < 4.78 is 0. The highest BCUT2D eigenvalue weighted by molar-refractivity contribution is 6.31. The van der Waals surface area contributed by atoms with E-state index >= 15 is 0 Å². The Balaban J connectivity index is 2.32. The van der Waals surface area contributed by atoms with Gasteiger partial charge in [-0.25, -0.2) is 0 Å². The molecule has 3 N–H and O–H groups in total. The Hall–Kier alpha value is -2.27. The molecule has 0 bridgehead atoms. The molecule has 6 heteroatoms. The van der Waals surface area contributed by atoms with Crippen LogP contribution in [0.2, 0.25) is 5.02 Å². The number of rotatable bonds is 4. The van der Waals surface area contributed by atoms with Crippen molar-refractivity contribution < 1.29 is 5.21 Å². The lowest BCUT2D eigenvalue weighted by Gasteiger charge is -2.22. The maximum atomic E-state index is 8.87. The quantitative estimate of drug-likeness (QED) is 0.393. The van der Waals surface area contributed by atoms with Crippen molar-refractivity contribution in [2.24, 2.45) is 10.9 Å². The molecule has 5 nitrogen and oxygen atoms in total. The molecular formula is C14H15ClN4O. The van der Waals surface area contributed by atoms with Crippen LogP contribution in [0.15, 0.2) is 47.9 Å². The van der Waals surface area contributed by atoms with Crippen LogP contribution >= 0.6 is 11.6 Å². The Morgan fingerprint density at radius 3 is 2.70 bits per heavy atom. The second-order valence-electron chi connectivity index (χ2n) is 4.36. The topological polar surface area (TPSA) is 74.7 Å². The number of nitrogens with zero attached hydrogens (tertiary/aromatic N) is 3. The standard InChI is InChI=1S/C14H15ClN4O/c1-19(9-10-4-6-17-7-5-10)13-3-2-11(15)8-12(13)14(16)18-20/h2-8,20H,9H2,1H3,(H2,16,18). The molecule has 0 amide bonds. The van der Waals surface area contributed by atoms with Crippen molar-refractivity contribution in [1.29, 1.82) is 0 Å². The van der Waals surface area contributed by atoms with Crippen LogP contribution in [0.5, 0.6) is 0 Å². The fourth-order valence-electron chi connectivity index (χ4n) is 1.95. The summed E-state index contributed by atoms with van der Waals surface area (Å²) in [6.07, 6.45) is 3.49. The Bertz CT molecular complexity index is 616. The summed E-state index contributed by atoms with van der Waals surface area (Å²) in [5.41, 5.74) is 8.24. The summed E-state index contributed by atoms with van der Waals surface area (Å²) in [5, 5.41) is 12.5. The average molecular weight is 291 g/mol. The number of halogens is 1. The Kier molecular flexibility index (Phi) is 4.42. The highest BCUT2D eigenvalue weighted by atomic mass is 35.5.